The van der Waals surface area contributed by atoms with Crippen molar-refractivity contribution in [1.82, 2.24) is 5.32 Å². The van der Waals surface area contributed by atoms with Gasteiger partial charge in [-0.2, -0.15) is 0 Å². The van der Waals surface area contributed by atoms with Crippen LogP contribution in [0.5, 0.6) is 0 Å². The van der Waals surface area contributed by atoms with Crippen molar-refractivity contribution in [2.24, 2.45) is 0 Å². The van der Waals surface area contributed by atoms with Crippen LogP contribution in [0.4, 0.5) is 0 Å². The predicted octanol–water partition coefficient (Wildman–Crippen LogP) is 3.67. The van der Waals surface area contributed by atoms with Gasteiger partial charge in [0.2, 0.25) is 0 Å². The fourth-order valence-corrected chi connectivity index (χ4v) is 2.23. The number of fused-ring (bicyclic) bond motifs is 1. The zero-order valence-electron chi connectivity index (χ0n) is 10.2. The van der Waals surface area contributed by atoms with E-state index in [0.29, 0.717) is 0 Å². The minimum absolute atomic E-state index is 0.285. The number of nitrogens with one attached hydrogen (secondary N) is 1. The summed E-state index contributed by atoms with van der Waals surface area (Å²) in [5.41, 5.74) is 2.34. The van der Waals surface area contributed by atoms with Gasteiger partial charge in [0.15, 0.2) is 0 Å². The van der Waals surface area contributed by atoms with E-state index in [1.165, 1.54) is 10.9 Å². The summed E-state index contributed by atoms with van der Waals surface area (Å²) in [6, 6.07) is 8.55. The molecule has 1 unspecified atom stereocenters. The molecule has 2 rings (SSSR count). The first-order valence-electron chi connectivity index (χ1n) is 6.01. The molecule has 0 spiro atoms. The number of rotatable bonds is 4. The Labute approximate surface area is 96.6 Å². The summed E-state index contributed by atoms with van der Waals surface area (Å²) >= 11 is 0. The highest BCUT2D eigenvalue weighted by atomic mass is 16.3. The van der Waals surface area contributed by atoms with E-state index in [2.05, 4.69) is 38.2 Å². The van der Waals surface area contributed by atoms with Crippen LogP contribution in [0.25, 0.3) is 11.0 Å². The molecule has 0 aliphatic heterocycles. The Hall–Kier alpha value is -1.28. The molecule has 1 aromatic heterocycles. The van der Waals surface area contributed by atoms with E-state index >= 15 is 0 Å². The van der Waals surface area contributed by atoms with Crippen LogP contribution in [0, 0.1) is 0 Å². The number of benzene rings is 1. The zero-order valence-corrected chi connectivity index (χ0v) is 10.2. The molecule has 0 saturated heterocycles. The fraction of sp³-hybridized carbons (Fsp3) is 0.429. The SMILES string of the molecule is CCNC(C)c1oc2ccccc2c1CC. The topological polar surface area (TPSA) is 25.2 Å². The summed E-state index contributed by atoms with van der Waals surface area (Å²) in [6.07, 6.45) is 1.02. The lowest BCUT2D eigenvalue weighted by molar-refractivity contribution is 0.454. The van der Waals surface area contributed by atoms with E-state index in [1.54, 1.807) is 0 Å². The Kier molecular flexibility index (Phi) is 3.30. The molecule has 0 radical (unpaired) electrons. The van der Waals surface area contributed by atoms with Crippen LogP contribution in [-0.2, 0) is 6.42 Å². The quantitative estimate of drug-likeness (QED) is 0.845. The van der Waals surface area contributed by atoms with Crippen molar-refractivity contribution in [2.45, 2.75) is 33.2 Å². The van der Waals surface area contributed by atoms with Crippen LogP contribution in [0.1, 0.15) is 38.1 Å². The lowest BCUT2D eigenvalue weighted by Crippen LogP contribution is -2.18. The smallest absolute Gasteiger partial charge is 0.134 e. The highest BCUT2D eigenvalue weighted by Crippen LogP contribution is 2.30. The van der Waals surface area contributed by atoms with Gasteiger partial charge in [-0.1, -0.05) is 32.0 Å². The maximum Gasteiger partial charge on any atom is 0.134 e. The summed E-state index contributed by atoms with van der Waals surface area (Å²) in [5.74, 6) is 1.09. The van der Waals surface area contributed by atoms with Crippen molar-refractivity contribution < 1.29 is 4.42 Å². The van der Waals surface area contributed by atoms with E-state index in [1.807, 2.05) is 12.1 Å². The van der Waals surface area contributed by atoms with Crippen LogP contribution < -0.4 is 5.32 Å². The van der Waals surface area contributed by atoms with Gasteiger partial charge in [0.05, 0.1) is 6.04 Å². The summed E-state index contributed by atoms with van der Waals surface area (Å²) in [6.45, 7) is 7.41. The van der Waals surface area contributed by atoms with Gasteiger partial charge in [0.25, 0.3) is 0 Å². The molecule has 1 aromatic carbocycles. The van der Waals surface area contributed by atoms with Gasteiger partial charge in [-0.25, -0.2) is 0 Å². The van der Waals surface area contributed by atoms with Crippen molar-refractivity contribution in [2.75, 3.05) is 6.54 Å². The van der Waals surface area contributed by atoms with Crippen LogP contribution >= 0.6 is 0 Å². The van der Waals surface area contributed by atoms with Crippen LogP contribution in [-0.4, -0.2) is 6.54 Å². The standard InChI is InChI=1S/C14H19NO/c1-4-11-12-8-6-7-9-13(12)16-14(11)10(3)15-5-2/h6-10,15H,4-5H2,1-3H3. The molecule has 16 heavy (non-hydrogen) atoms. The van der Waals surface area contributed by atoms with E-state index in [4.69, 9.17) is 4.42 Å². The van der Waals surface area contributed by atoms with Gasteiger partial charge >= 0.3 is 0 Å². The van der Waals surface area contributed by atoms with E-state index in [-0.39, 0.29) is 6.04 Å². The van der Waals surface area contributed by atoms with Crippen molar-refractivity contribution in [3.05, 3.63) is 35.6 Å². The number of hydrogen-bond donors (Lipinski definition) is 1. The predicted molar refractivity (Wildman–Crippen MR) is 67.7 cm³/mol. The second kappa shape index (κ2) is 4.71. The molecule has 2 nitrogen and oxygen atoms in total. The minimum atomic E-state index is 0.285. The maximum atomic E-state index is 5.94. The molecule has 2 aromatic rings. The third-order valence-electron chi connectivity index (χ3n) is 2.99. The second-order valence-corrected chi connectivity index (χ2v) is 4.07. The molecule has 0 saturated carbocycles. The third kappa shape index (κ3) is 1.85. The first-order valence-corrected chi connectivity index (χ1v) is 6.01. The number of aryl methyl sites for hydroxylation is 1. The zero-order chi connectivity index (χ0) is 11.5. The van der Waals surface area contributed by atoms with Crippen molar-refractivity contribution in [1.29, 1.82) is 0 Å². The molecular formula is C14H19NO. The summed E-state index contributed by atoms with van der Waals surface area (Å²) in [4.78, 5) is 0. The number of furan rings is 1. The first kappa shape index (κ1) is 11.2. The van der Waals surface area contributed by atoms with Crippen molar-refractivity contribution in [3.8, 4) is 0 Å². The van der Waals surface area contributed by atoms with Crippen LogP contribution in [0.2, 0.25) is 0 Å². The van der Waals surface area contributed by atoms with Gasteiger partial charge in [-0.15, -0.1) is 0 Å². The van der Waals surface area contributed by atoms with Gasteiger partial charge in [0, 0.05) is 10.9 Å². The van der Waals surface area contributed by atoms with E-state index in [0.717, 1.165) is 24.3 Å². The normalized spacial score (nSPS) is 13.2. The van der Waals surface area contributed by atoms with Crippen LogP contribution in [0.3, 0.4) is 0 Å². The van der Waals surface area contributed by atoms with Crippen LogP contribution in [0.15, 0.2) is 28.7 Å². The van der Waals surface area contributed by atoms with Crippen molar-refractivity contribution >= 4 is 11.0 Å². The molecule has 0 fully saturated rings. The number of para-hydroxylation sites is 1. The molecule has 0 amide bonds. The van der Waals surface area contributed by atoms with Gasteiger partial charge < -0.3 is 9.73 Å². The van der Waals surface area contributed by atoms with Crippen molar-refractivity contribution in [3.63, 3.8) is 0 Å². The highest BCUT2D eigenvalue weighted by Gasteiger charge is 2.16. The largest absolute Gasteiger partial charge is 0.459 e. The summed E-state index contributed by atoms with van der Waals surface area (Å²) < 4.78 is 5.94. The lowest BCUT2D eigenvalue weighted by Gasteiger charge is -2.10. The molecule has 1 N–H and O–H groups in total. The average Bonchev–Trinajstić information content (AvgIpc) is 2.67. The highest BCUT2D eigenvalue weighted by molar-refractivity contribution is 5.82. The monoisotopic (exact) mass is 217 g/mol. The molecule has 0 bridgehead atoms. The molecular weight excluding hydrogens is 198 g/mol. The Morgan fingerprint density at radius 2 is 2.00 bits per heavy atom. The average molecular weight is 217 g/mol. The third-order valence-corrected chi connectivity index (χ3v) is 2.99. The molecule has 86 valence electrons. The summed E-state index contributed by atoms with van der Waals surface area (Å²) in [7, 11) is 0. The Morgan fingerprint density at radius 3 is 2.69 bits per heavy atom. The Bertz CT molecular complexity index is 473. The minimum Gasteiger partial charge on any atom is -0.459 e. The molecule has 1 heterocycles. The van der Waals surface area contributed by atoms with E-state index < -0.39 is 0 Å². The molecule has 0 aliphatic rings. The van der Waals surface area contributed by atoms with Gasteiger partial charge in [0.1, 0.15) is 11.3 Å². The fourth-order valence-electron chi connectivity index (χ4n) is 2.23. The first-order chi connectivity index (χ1) is 7.77. The van der Waals surface area contributed by atoms with Gasteiger partial charge in [-0.05, 0) is 26.0 Å². The second-order valence-electron chi connectivity index (χ2n) is 4.07. The molecule has 2 heteroatoms. The summed E-state index contributed by atoms with van der Waals surface area (Å²) in [5, 5.41) is 4.66. The Morgan fingerprint density at radius 1 is 1.25 bits per heavy atom. The Balaban J connectivity index is 2.51. The van der Waals surface area contributed by atoms with Gasteiger partial charge in [-0.3, -0.25) is 0 Å². The maximum absolute atomic E-state index is 5.94. The van der Waals surface area contributed by atoms with E-state index in [9.17, 15) is 0 Å². The lowest BCUT2D eigenvalue weighted by atomic mass is 10.1. The number of hydrogen-bond acceptors (Lipinski definition) is 2. The molecule has 0 aliphatic carbocycles. The molecule has 1 atom stereocenters.